The lowest BCUT2D eigenvalue weighted by atomic mass is 9.76. The van der Waals surface area contributed by atoms with Gasteiger partial charge in [0.05, 0.1) is 0 Å². The van der Waals surface area contributed by atoms with E-state index in [2.05, 4.69) is 4.72 Å². The summed E-state index contributed by atoms with van der Waals surface area (Å²) in [6.45, 7) is 2.37. The van der Waals surface area contributed by atoms with E-state index in [1.54, 1.807) is 7.05 Å². The molecule has 0 radical (unpaired) electrons. The number of rotatable bonds is 7. The third-order valence-corrected chi connectivity index (χ3v) is 5.07. The molecule has 2 N–H and O–H groups in total. The van der Waals surface area contributed by atoms with Crippen molar-refractivity contribution in [1.29, 1.82) is 0 Å². The Bertz CT molecular complexity index is 307. The van der Waals surface area contributed by atoms with Gasteiger partial charge in [0.2, 0.25) is 0 Å². The van der Waals surface area contributed by atoms with Gasteiger partial charge >= 0.3 is 0 Å². The van der Waals surface area contributed by atoms with Crippen LogP contribution in [0.1, 0.15) is 39.0 Å². The predicted octanol–water partition coefficient (Wildman–Crippen LogP) is 0.468. The van der Waals surface area contributed by atoms with Gasteiger partial charge in [0.15, 0.2) is 0 Å². The van der Waals surface area contributed by atoms with Crippen molar-refractivity contribution in [1.82, 2.24) is 9.03 Å². The first-order valence-electron chi connectivity index (χ1n) is 5.82. The lowest BCUT2D eigenvalue weighted by molar-refractivity contribution is 0.208. The second kappa shape index (κ2) is 5.44. The fourth-order valence-electron chi connectivity index (χ4n) is 1.90. The number of hydrogen-bond donors (Lipinski definition) is 2. The molecule has 0 aromatic rings. The summed E-state index contributed by atoms with van der Waals surface area (Å²) in [7, 11) is -1.85. The van der Waals surface area contributed by atoms with Crippen molar-refractivity contribution >= 4 is 10.2 Å². The molecule has 0 spiro atoms. The van der Waals surface area contributed by atoms with Crippen molar-refractivity contribution < 1.29 is 13.5 Å². The Kier molecular flexibility index (Phi) is 4.73. The summed E-state index contributed by atoms with van der Waals surface area (Å²) in [6.07, 6.45) is 4.25. The van der Waals surface area contributed by atoms with Crippen molar-refractivity contribution in [2.75, 3.05) is 20.2 Å². The minimum absolute atomic E-state index is 0.0127. The fraction of sp³-hybridized carbons (Fsp3) is 1.00. The van der Waals surface area contributed by atoms with E-state index in [1.807, 2.05) is 6.92 Å². The normalized spacial score (nSPS) is 19.8. The third-order valence-electron chi connectivity index (χ3n) is 3.37. The molecule has 0 atom stereocenters. The number of nitrogens with one attached hydrogen (secondary N) is 1. The van der Waals surface area contributed by atoms with Crippen LogP contribution in [0.4, 0.5) is 0 Å². The Morgan fingerprint density at radius 2 is 2.06 bits per heavy atom. The molecule has 96 valence electrons. The van der Waals surface area contributed by atoms with Gasteiger partial charge in [-0.25, -0.2) is 0 Å². The van der Waals surface area contributed by atoms with Gasteiger partial charge in [-0.05, 0) is 32.1 Å². The lowest BCUT2D eigenvalue weighted by Gasteiger charge is -2.42. The van der Waals surface area contributed by atoms with Crippen molar-refractivity contribution in [3.05, 3.63) is 0 Å². The predicted molar refractivity (Wildman–Crippen MR) is 63.3 cm³/mol. The van der Waals surface area contributed by atoms with E-state index in [9.17, 15) is 8.42 Å². The maximum atomic E-state index is 11.9. The van der Waals surface area contributed by atoms with E-state index in [1.165, 1.54) is 4.31 Å². The average Bonchev–Trinajstić information content (AvgIpc) is 2.20. The summed E-state index contributed by atoms with van der Waals surface area (Å²) in [5.74, 6) is 0. The van der Waals surface area contributed by atoms with Gasteiger partial charge in [-0.15, -0.1) is 0 Å². The number of hydrogen-bond acceptors (Lipinski definition) is 3. The minimum Gasteiger partial charge on any atom is -0.396 e. The standard InChI is InChI=1S/C10H22N2O3S/c1-3-10(6-4-7-10)11-16(14,15)12(2)8-5-9-13/h11,13H,3-9H2,1-2H3. The van der Waals surface area contributed by atoms with E-state index < -0.39 is 10.2 Å². The molecule has 0 unspecified atom stereocenters. The van der Waals surface area contributed by atoms with Crippen LogP contribution >= 0.6 is 0 Å². The van der Waals surface area contributed by atoms with Crippen LogP contribution in [0.3, 0.4) is 0 Å². The first-order chi connectivity index (χ1) is 7.46. The smallest absolute Gasteiger partial charge is 0.279 e. The van der Waals surface area contributed by atoms with Crippen LogP contribution in [-0.2, 0) is 10.2 Å². The summed E-state index contributed by atoms with van der Waals surface area (Å²) in [6, 6.07) is 0. The van der Waals surface area contributed by atoms with Crippen molar-refractivity contribution in [3.8, 4) is 0 Å². The van der Waals surface area contributed by atoms with Crippen LogP contribution in [0.25, 0.3) is 0 Å². The van der Waals surface area contributed by atoms with Crippen LogP contribution in [0.5, 0.6) is 0 Å². The SMILES string of the molecule is CCC1(NS(=O)(=O)N(C)CCCO)CCC1. The van der Waals surface area contributed by atoms with Gasteiger partial charge in [-0.3, -0.25) is 0 Å². The summed E-state index contributed by atoms with van der Waals surface area (Å²) in [5, 5.41) is 8.68. The minimum atomic E-state index is -3.39. The molecule has 0 heterocycles. The zero-order valence-corrected chi connectivity index (χ0v) is 10.9. The third kappa shape index (κ3) is 3.16. The second-order valence-electron chi connectivity index (χ2n) is 4.49. The Labute approximate surface area is 98.0 Å². The van der Waals surface area contributed by atoms with E-state index in [0.717, 1.165) is 25.7 Å². The van der Waals surface area contributed by atoms with Gasteiger partial charge in [0, 0.05) is 25.7 Å². The Balaban J connectivity index is 2.56. The molecule has 5 nitrogen and oxygen atoms in total. The maximum Gasteiger partial charge on any atom is 0.279 e. The van der Waals surface area contributed by atoms with Crippen LogP contribution in [0, 0.1) is 0 Å². The maximum absolute atomic E-state index is 11.9. The Morgan fingerprint density at radius 1 is 1.44 bits per heavy atom. The highest BCUT2D eigenvalue weighted by molar-refractivity contribution is 7.87. The van der Waals surface area contributed by atoms with E-state index in [0.29, 0.717) is 13.0 Å². The number of nitrogens with zero attached hydrogens (tertiary/aromatic N) is 1. The molecule has 1 saturated carbocycles. The molecule has 6 heteroatoms. The van der Waals surface area contributed by atoms with Gasteiger partial charge in [0.25, 0.3) is 10.2 Å². The first-order valence-corrected chi connectivity index (χ1v) is 7.26. The average molecular weight is 250 g/mol. The highest BCUT2D eigenvalue weighted by atomic mass is 32.2. The van der Waals surface area contributed by atoms with Crippen molar-refractivity contribution in [2.24, 2.45) is 0 Å². The second-order valence-corrected chi connectivity index (χ2v) is 6.27. The largest absolute Gasteiger partial charge is 0.396 e. The summed E-state index contributed by atoms with van der Waals surface area (Å²) < 4.78 is 27.9. The van der Waals surface area contributed by atoms with Crippen LogP contribution in [0.2, 0.25) is 0 Å². The monoisotopic (exact) mass is 250 g/mol. The topological polar surface area (TPSA) is 69.6 Å². The molecule has 0 bridgehead atoms. The van der Waals surface area contributed by atoms with Gasteiger partial charge < -0.3 is 5.11 Å². The summed E-state index contributed by atoms with van der Waals surface area (Å²) in [4.78, 5) is 0. The number of aliphatic hydroxyl groups is 1. The molecule has 0 aliphatic heterocycles. The zero-order chi connectivity index (χ0) is 12.2. The molecular formula is C10H22N2O3S. The van der Waals surface area contributed by atoms with Gasteiger partial charge in [0.1, 0.15) is 0 Å². The zero-order valence-electron chi connectivity index (χ0n) is 10.1. The van der Waals surface area contributed by atoms with Crippen molar-refractivity contribution in [3.63, 3.8) is 0 Å². The van der Waals surface area contributed by atoms with Crippen molar-refractivity contribution in [2.45, 2.75) is 44.6 Å². The molecule has 1 rings (SSSR count). The Hall–Kier alpha value is -0.170. The molecule has 0 aromatic heterocycles. The molecule has 1 fully saturated rings. The van der Waals surface area contributed by atoms with E-state index in [4.69, 9.17) is 5.11 Å². The Morgan fingerprint density at radius 3 is 2.44 bits per heavy atom. The van der Waals surface area contributed by atoms with Gasteiger partial charge in [-0.2, -0.15) is 17.4 Å². The van der Waals surface area contributed by atoms with Crippen LogP contribution in [0.15, 0.2) is 0 Å². The fourth-order valence-corrected chi connectivity index (χ4v) is 3.32. The molecule has 0 saturated heterocycles. The molecule has 1 aliphatic carbocycles. The molecule has 0 amide bonds. The summed E-state index contributed by atoms with van der Waals surface area (Å²) in [5.41, 5.74) is -0.216. The highest BCUT2D eigenvalue weighted by Crippen LogP contribution is 2.35. The molecular weight excluding hydrogens is 228 g/mol. The molecule has 16 heavy (non-hydrogen) atoms. The molecule has 1 aliphatic rings. The van der Waals surface area contributed by atoms with E-state index in [-0.39, 0.29) is 12.1 Å². The highest BCUT2D eigenvalue weighted by Gasteiger charge is 2.39. The quantitative estimate of drug-likeness (QED) is 0.690. The lowest BCUT2D eigenvalue weighted by Crippen LogP contribution is -2.56. The number of aliphatic hydroxyl groups excluding tert-OH is 1. The first kappa shape index (κ1) is 13.9. The van der Waals surface area contributed by atoms with E-state index >= 15 is 0 Å². The van der Waals surface area contributed by atoms with Crippen LogP contribution in [-0.4, -0.2) is 43.6 Å². The summed E-state index contributed by atoms with van der Waals surface area (Å²) >= 11 is 0. The van der Waals surface area contributed by atoms with Crippen LogP contribution < -0.4 is 4.72 Å². The van der Waals surface area contributed by atoms with Gasteiger partial charge in [-0.1, -0.05) is 6.92 Å². The molecule has 0 aromatic carbocycles.